The zero-order valence-corrected chi connectivity index (χ0v) is 13.7. The van der Waals surface area contributed by atoms with E-state index < -0.39 is 15.8 Å². The Balaban J connectivity index is 2.07. The molecule has 1 heterocycles. The Hall–Kier alpha value is -2.74. The van der Waals surface area contributed by atoms with Crippen molar-refractivity contribution in [3.8, 4) is 0 Å². The molecule has 24 heavy (non-hydrogen) atoms. The van der Waals surface area contributed by atoms with Gasteiger partial charge in [-0.2, -0.15) is 5.10 Å². The molecule has 0 radical (unpaired) electrons. The van der Waals surface area contributed by atoms with Crippen LogP contribution < -0.4 is 4.31 Å². The topological polar surface area (TPSA) is 68.1 Å². The summed E-state index contributed by atoms with van der Waals surface area (Å²) in [6, 6.07) is 13.5. The zero-order valence-electron chi connectivity index (χ0n) is 12.9. The second-order valence-corrected chi connectivity index (χ2v) is 7.00. The van der Waals surface area contributed by atoms with Gasteiger partial charge >= 0.3 is 0 Å². The summed E-state index contributed by atoms with van der Waals surface area (Å²) >= 11 is 0. The van der Waals surface area contributed by atoms with Crippen LogP contribution in [0.2, 0.25) is 0 Å². The minimum atomic E-state index is -3.96. The van der Waals surface area contributed by atoms with Gasteiger partial charge in [0.25, 0.3) is 10.0 Å². The van der Waals surface area contributed by atoms with Crippen molar-refractivity contribution in [2.24, 2.45) is 7.05 Å². The Bertz CT molecular complexity index is 941. The highest BCUT2D eigenvalue weighted by Crippen LogP contribution is 2.25. The molecule has 3 aromatic rings. The number of aryl methyl sites for hydroxylation is 1. The molecular weight excluding hydrogens is 331 g/mol. The third kappa shape index (κ3) is 3.28. The molecular formula is C16H15FN4O2S. The SMILES string of the molecule is Cn1cnc(CN(c2ccccc2)S(=O)(=O)c2cccc(F)c2)n1. The van der Waals surface area contributed by atoms with E-state index in [1.54, 1.807) is 37.4 Å². The van der Waals surface area contributed by atoms with Gasteiger partial charge in [-0.05, 0) is 30.3 Å². The maximum absolute atomic E-state index is 13.5. The van der Waals surface area contributed by atoms with Gasteiger partial charge < -0.3 is 0 Å². The molecule has 0 bridgehead atoms. The molecule has 0 N–H and O–H groups in total. The normalized spacial score (nSPS) is 11.4. The van der Waals surface area contributed by atoms with Crippen molar-refractivity contribution in [2.75, 3.05) is 4.31 Å². The fraction of sp³-hybridized carbons (Fsp3) is 0.125. The largest absolute Gasteiger partial charge is 0.264 e. The number of halogens is 1. The van der Waals surface area contributed by atoms with Crippen LogP contribution in [0.1, 0.15) is 5.82 Å². The number of para-hydroxylation sites is 1. The molecule has 1 aromatic heterocycles. The molecule has 124 valence electrons. The minimum Gasteiger partial charge on any atom is -0.259 e. The molecule has 0 unspecified atom stereocenters. The van der Waals surface area contributed by atoms with E-state index in [2.05, 4.69) is 10.1 Å². The summed E-state index contributed by atoms with van der Waals surface area (Å²) in [5.74, 6) is -0.263. The Morgan fingerprint density at radius 2 is 1.88 bits per heavy atom. The van der Waals surface area contributed by atoms with Gasteiger partial charge in [-0.1, -0.05) is 24.3 Å². The summed E-state index contributed by atoms with van der Waals surface area (Å²) in [4.78, 5) is 3.95. The average Bonchev–Trinajstić information content (AvgIpc) is 2.98. The van der Waals surface area contributed by atoms with E-state index in [0.717, 1.165) is 10.4 Å². The van der Waals surface area contributed by atoms with E-state index in [-0.39, 0.29) is 11.4 Å². The molecule has 0 saturated heterocycles. The molecule has 0 saturated carbocycles. The molecule has 0 fully saturated rings. The first-order valence-corrected chi connectivity index (χ1v) is 8.59. The van der Waals surface area contributed by atoms with Gasteiger partial charge in [-0.3, -0.25) is 8.99 Å². The van der Waals surface area contributed by atoms with E-state index in [1.165, 1.54) is 29.2 Å². The van der Waals surface area contributed by atoms with Gasteiger partial charge in [0.1, 0.15) is 12.1 Å². The first-order chi connectivity index (χ1) is 11.5. The Morgan fingerprint density at radius 1 is 1.12 bits per heavy atom. The highest BCUT2D eigenvalue weighted by Gasteiger charge is 2.26. The number of anilines is 1. The van der Waals surface area contributed by atoms with Gasteiger partial charge in [0.05, 0.1) is 17.1 Å². The Morgan fingerprint density at radius 3 is 2.50 bits per heavy atom. The van der Waals surface area contributed by atoms with Crippen molar-refractivity contribution in [1.29, 1.82) is 0 Å². The summed E-state index contributed by atoms with van der Waals surface area (Å²) in [5, 5.41) is 4.13. The van der Waals surface area contributed by atoms with E-state index in [9.17, 15) is 12.8 Å². The molecule has 0 aliphatic rings. The van der Waals surface area contributed by atoms with E-state index in [1.807, 2.05) is 0 Å². The first-order valence-electron chi connectivity index (χ1n) is 7.15. The fourth-order valence-corrected chi connectivity index (χ4v) is 3.70. The predicted molar refractivity (Wildman–Crippen MR) is 87.2 cm³/mol. The number of hydrogen-bond acceptors (Lipinski definition) is 4. The summed E-state index contributed by atoms with van der Waals surface area (Å²) < 4.78 is 42.1. The molecule has 0 aliphatic heterocycles. The van der Waals surface area contributed by atoms with E-state index >= 15 is 0 Å². The van der Waals surface area contributed by atoms with Crippen molar-refractivity contribution < 1.29 is 12.8 Å². The lowest BCUT2D eigenvalue weighted by molar-refractivity contribution is 0.584. The number of hydrogen-bond donors (Lipinski definition) is 0. The summed E-state index contributed by atoms with van der Waals surface area (Å²) in [5.41, 5.74) is 0.453. The van der Waals surface area contributed by atoms with Crippen LogP contribution in [0.25, 0.3) is 0 Å². The smallest absolute Gasteiger partial charge is 0.259 e. The quantitative estimate of drug-likeness (QED) is 0.711. The van der Waals surface area contributed by atoms with E-state index in [0.29, 0.717) is 11.5 Å². The molecule has 0 atom stereocenters. The van der Waals surface area contributed by atoms with Crippen molar-refractivity contribution >= 4 is 15.7 Å². The van der Waals surface area contributed by atoms with Crippen molar-refractivity contribution in [1.82, 2.24) is 14.8 Å². The lowest BCUT2D eigenvalue weighted by atomic mass is 10.3. The molecule has 2 aromatic carbocycles. The number of rotatable bonds is 5. The zero-order chi connectivity index (χ0) is 17.2. The first kappa shape index (κ1) is 16.1. The van der Waals surface area contributed by atoms with Gasteiger partial charge in [0.2, 0.25) is 0 Å². The average molecular weight is 346 g/mol. The van der Waals surface area contributed by atoms with Crippen molar-refractivity contribution in [3.63, 3.8) is 0 Å². The summed E-state index contributed by atoms with van der Waals surface area (Å²) in [7, 11) is -2.26. The fourth-order valence-electron chi connectivity index (χ4n) is 2.25. The van der Waals surface area contributed by atoms with Crippen molar-refractivity contribution in [3.05, 3.63) is 72.6 Å². The highest BCUT2D eigenvalue weighted by molar-refractivity contribution is 7.92. The molecule has 0 spiro atoms. The van der Waals surface area contributed by atoms with Crippen molar-refractivity contribution in [2.45, 2.75) is 11.4 Å². The van der Waals surface area contributed by atoms with Crippen LogP contribution in [0, 0.1) is 5.82 Å². The third-order valence-corrected chi connectivity index (χ3v) is 5.13. The lowest BCUT2D eigenvalue weighted by Crippen LogP contribution is -2.31. The second-order valence-electron chi connectivity index (χ2n) is 5.14. The predicted octanol–water partition coefficient (Wildman–Crippen LogP) is 2.35. The molecule has 3 rings (SSSR count). The number of nitrogens with zero attached hydrogens (tertiary/aromatic N) is 4. The monoisotopic (exact) mass is 346 g/mol. The highest BCUT2D eigenvalue weighted by atomic mass is 32.2. The van der Waals surface area contributed by atoms with Gasteiger partial charge in [0, 0.05) is 7.05 Å². The van der Waals surface area contributed by atoms with Crippen LogP contribution >= 0.6 is 0 Å². The number of sulfonamides is 1. The van der Waals surface area contributed by atoms with Crippen LogP contribution in [0.4, 0.5) is 10.1 Å². The molecule has 0 aliphatic carbocycles. The minimum absolute atomic E-state index is 0.0519. The lowest BCUT2D eigenvalue weighted by Gasteiger charge is -2.23. The number of benzene rings is 2. The Kier molecular flexibility index (Phi) is 4.30. The summed E-state index contributed by atoms with van der Waals surface area (Å²) in [6.45, 7) is -0.0519. The number of aromatic nitrogens is 3. The van der Waals surface area contributed by atoms with Crippen LogP contribution in [-0.2, 0) is 23.6 Å². The molecule has 8 heteroatoms. The molecule has 0 amide bonds. The van der Waals surface area contributed by atoms with Gasteiger partial charge in [0.15, 0.2) is 5.82 Å². The molecule has 6 nitrogen and oxygen atoms in total. The maximum Gasteiger partial charge on any atom is 0.264 e. The standard InChI is InChI=1S/C16H15FN4O2S/c1-20-12-18-16(19-20)11-21(14-7-3-2-4-8-14)24(22,23)15-9-5-6-13(17)10-15/h2-10,12H,11H2,1H3. The van der Waals surface area contributed by atoms with Crippen LogP contribution in [-0.4, -0.2) is 23.2 Å². The summed E-state index contributed by atoms with van der Waals surface area (Å²) in [6.07, 6.45) is 1.49. The van der Waals surface area contributed by atoms with Crippen LogP contribution in [0.3, 0.4) is 0 Å². The maximum atomic E-state index is 13.5. The third-order valence-electron chi connectivity index (χ3n) is 3.36. The van der Waals surface area contributed by atoms with Gasteiger partial charge in [-0.25, -0.2) is 17.8 Å². The Labute approximate surface area is 139 Å². The van der Waals surface area contributed by atoms with Crippen LogP contribution in [0.5, 0.6) is 0 Å². The van der Waals surface area contributed by atoms with E-state index in [4.69, 9.17) is 0 Å². The van der Waals surface area contributed by atoms with Gasteiger partial charge in [-0.15, -0.1) is 0 Å². The van der Waals surface area contributed by atoms with Crippen LogP contribution in [0.15, 0.2) is 65.8 Å². The second kappa shape index (κ2) is 6.40.